The maximum Gasteiger partial charge on any atom is 0.270 e. The largest absolute Gasteiger partial charge is 0.494 e. The molecule has 0 atom stereocenters. The first-order valence-corrected chi connectivity index (χ1v) is 11.8. The number of hydrogen-bond acceptors (Lipinski definition) is 5. The average Bonchev–Trinajstić information content (AvgIpc) is 2.78. The number of carbonyl (C=O) groups excluding carboxylic acids is 1. The van der Waals surface area contributed by atoms with Crippen LogP contribution in [0, 0.1) is 6.92 Å². The zero-order valence-corrected chi connectivity index (χ0v) is 18.7. The van der Waals surface area contributed by atoms with E-state index in [4.69, 9.17) is 4.74 Å². The highest BCUT2D eigenvalue weighted by Gasteiger charge is 2.40. The van der Waals surface area contributed by atoms with Crippen LogP contribution in [0.4, 0.5) is 11.4 Å². The van der Waals surface area contributed by atoms with Crippen molar-refractivity contribution in [3.8, 4) is 5.75 Å². The van der Waals surface area contributed by atoms with E-state index in [1.54, 1.807) is 48.5 Å². The van der Waals surface area contributed by atoms with E-state index in [9.17, 15) is 13.2 Å². The predicted octanol–water partition coefficient (Wildman–Crippen LogP) is 4.88. The summed E-state index contributed by atoms with van der Waals surface area (Å²) in [5.41, 5.74) is 3.27. The van der Waals surface area contributed by atoms with Crippen LogP contribution in [0.3, 0.4) is 0 Å². The summed E-state index contributed by atoms with van der Waals surface area (Å²) in [4.78, 5) is 12.8. The van der Waals surface area contributed by atoms with E-state index in [1.165, 1.54) is 10.5 Å². The Morgan fingerprint density at radius 3 is 2.47 bits per heavy atom. The SMILES string of the molecule is CCOc1ccc(NC=C2C(=O)c3ccccc3N(Cc3cccc(C)c3)S2(=O)=O)cc1. The second kappa shape index (κ2) is 8.88. The van der Waals surface area contributed by atoms with Crippen molar-refractivity contribution in [2.24, 2.45) is 0 Å². The molecule has 3 aromatic carbocycles. The van der Waals surface area contributed by atoms with Crippen LogP contribution in [-0.2, 0) is 16.6 Å². The van der Waals surface area contributed by atoms with Crippen LogP contribution in [0.15, 0.2) is 83.9 Å². The molecular formula is C25H24N2O4S. The molecule has 1 heterocycles. The monoisotopic (exact) mass is 448 g/mol. The van der Waals surface area contributed by atoms with Crippen molar-refractivity contribution in [1.82, 2.24) is 0 Å². The normalized spacial score (nSPS) is 16.0. The summed E-state index contributed by atoms with van der Waals surface area (Å²) in [6.45, 7) is 4.54. The van der Waals surface area contributed by atoms with Gasteiger partial charge in [0.1, 0.15) is 5.75 Å². The quantitative estimate of drug-likeness (QED) is 0.544. The molecule has 32 heavy (non-hydrogen) atoms. The number of anilines is 2. The van der Waals surface area contributed by atoms with Crippen LogP contribution in [0.2, 0.25) is 0 Å². The molecule has 0 amide bonds. The van der Waals surface area contributed by atoms with E-state index in [1.807, 2.05) is 38.1 Å². The second-order valence-corrected chi connectivity index (χ2v) is 9.29. The maximum atomic E-state index is 13.5. The summed E-state index contributed by atoms with van der Waals surface area (Å²) in [6, 6.07) is 21.5. The fraction of sp³-hybridized carbons (Fsp3) is 0.160. The molecule has 0 spiro atoms. The molecule has 4 rings (SSSR count). The zero-order chi connectivity index (χ0) is 22.7. The van der Waals surface area contributed by atoms with Gasteiger partial charge in [-0.1, -0.05) is 42.0 Å². The Morgan fingerprint density at radius 1 is 1.00 bits per heavy atom. The number of nitrogens with zero attached hydrogens (tertiary/aromatic N) is 1. The minimum absolute atomic E-state index is 0.134. The molecule has 0 saturated carbocycles. The Morgan fingerprint density at radius 2 is 1.75 bits per heavy atom. The minimum Gasteiger partial charge on any atom is -0.494 e. The van der Waals surface area contributed by atoms with Crippen molar-refractivity contribution >= 4 is 27.2 Å². The topological polar surface area (TPSA) is 75.7 Å². The summed E-state index contributed by atoms with van der Waals surface area (Å²) in [5, 5.41) is 2.95. The highest BCUT2D eigenvalue weighted by atomic mass is 32.2. The number of allylic oxidation sites excluding steroid dienone is 1. The number of hydrogen-bond donors (Lipinski definition) is 1. The highest BCUT2D eigenvalue weighted by Crippen LogP contribution is 2.36. The molecule has 0 saturated heterocycles. The van der Waals surface area contributed by atoms with Crippen molar-refractivity contribution in [1.29, 1.82) is 0 Å². The summed E-state index contributed by atoms with van der Waals surface area (Å²) in [6.07, 6.45) is 1.27. The smallest absolute Gasteiger partial charge is 0.270 e. The Balaban J connectivity index is 1.71. The second-order valence-electron chi connectivity index (χ2n) is 7.46. The maximum absolute atomic E-state index is 13.5. The summed E-state index contributed by atoms with van der Waals surface area (Å²) >= 11 is 0. The van der Waals surface area contributed by atoms with Crippen LogP contribution in [0.25, 0.3) is 0 Å². The lowest BCUT2D eigenvalue weighted by molar-refractivity contribution is 0.104. The number of ether oxygens (including phenoxy) is 1. The predicted molar refractivity (Wildman–Crippen MR) is 126 cm³/mol. The lowest BCUT2D eigenvalue weighted by Gasteiger charge is -2.31. The fourth-order valence-electron chi connectivity index (χ4n) is 3.63. The lowest BCUT2D eigenvalue weighted by Crippen LogP contribution is -2.39. The molecule has 0 aromatic heterocycles. The zero-order valence-electron chi connectivity index (χ0n) is 17.9. The van der Waals surface area contributed by atoms with Gasteiger partial charge in [-0.2, -0.15) is 0 Å². The van der Waals surface area contributed by atoms with Gasteiger partial charge in [0.15, 0.2) is 4.91 Å². The number of sulfonamides is 1. The molecule has 0 radical (unpaired) electrons. The molecule has 1 N–H and O–H groups in total. The first kappa shape index (κ1) is 21.6. The van der Waals surface area contributed by atoms with Gasteiger partial charge in [0.2, 0.25) is 5.78 Å². The van der Waals surface area contributed by atoms with Crippen molar-refractivity contribution in [2.45, 2.75) is 20.4 Å². The van der Waals surface area contributed by atoms with E-state index in [0.29, 0.717) is 29.3 Å². The van der Waals surface area contributed by atoms with Crippen molar-refractivity contribution < 1.29 is 17.9 Å². The van der Waals surface area contributed by atoms with Crippen molar-refractivity contribution in [2.75, 3.05) is 16.2 Å². The van der Waals surface area contributed by atoms with Crippen LogP contribution >= 0.6 is 0 Å². The van der Waals surface area contributed by atoms with E-state index in [-0.39, 0.29) is 11.4 Å². The van der Waals surface area contributed by atoms with Gasteiger partial charge < -0.3 is 10.1 Å². The fourth-order valence-corrected chi connectivity index (χ4v) is 5.16. The molecule has 1 aliphatic heterocycles. The molecule has 1 aliphatic rings. The highest BCUT2D eigenvalue weighted by molar-refractivity contribution is 7.97. The molecule has 0 unspecified atom stereocenters. The van der Waals surface area contributed by atoms with E-state index >= 15 is 0 Å². The summed E-state index contributed by atoms with van der Waals surface area (Å²) < 4.78 is 33.7. The average molecular weight is 449 g/mol. The molecule has 0 aliphatic carbocycles. The Labute approximate surface area is 188 Å². The van der Waals surface area contributed by atoms with Gasteiger partial charge in [0.25, 0.3) is 10.0 Å². The molecule has 6 nitrogen and oxygen atoms in total. The van der Waals surface area contributed by atoms with Crippen molar-refractivity contribution in [3.05, 3.63) is 101 Å². The third kappa shape index (κ3) is 4.24. The van der Waals surface area contributed by atoms with Crippen LogP contribution in [0.5, 0.6) is 5.75 Å². The van der Waals surface area contributed by atoms with Crippen molar-refractivity contribution in [3.63, 3.8) is 0 Å². The van der Waals surface area contributed by atoms with Gasteiger partial charge in [0.05, 0.1) is 18.8 Å². The number of nitrogens with one attached hydrogen (secondary N) is 1. The Hall–Kier alpha value is -3.58. The number of para-hydroxylation sites is 1. The van der Waals surface area contributed by atoms with Gasteiger partial charge >= 0.3 is 0 Å². The number of Topliss-reactive ketones (excluding diaryl/α,β-unsaturated/α-hetero) is 1. The number of ketones is 1. The number of rotatable bonds is 6. The molecule has 164 valence electrons. The van der Waals surface area contributed by atoms with Gasteiger partial charge in [0, 0.05) is 17.5 Å². The molecule has 0 bridgehead atoms. The van der Waals surface area contributed by atoms with Crippen LogP contribution in [-0.4, -0.2) is 20.8 Å². The van der Waals surface area contributed by atoms with Gasteiger partial charge in [-0.3, -0.25) is 9.10 Å². The van der Waals surface area contributed by atoms with Gasteiger partial charge in [-0.05, 0) is 55.8 Å². The third-order valence-electron chi connectivity index (χ3n) is 5.15. The number of carbonyl (C=O) groups is 1. The van der Waals surface area contributed by atoms with Crippen LogP contribution in [0.1, 0.15) is 28.4 Å². The van der Waals surface area contributed by atoms with Gasteiger partial charge in [-0.25, -0.2) is 8.42 Å². The molecular weight excluding hydrogens is 424 g/mol. The minimum atomic E-state index is -4.07. The number of fused-ring (bicyclic) bond motifs is 1. The Kier molecular flexibility index (Phi) is 6.01. The summed E-state index contributed by atoms with van der Waals surface area (Å²) in [5.74, 6) is 0.185. The standard InChI is InChI=1S/C25H24N2O4S/c1-3-31-21-13-11-20(12-14-21)26-16-24-25(28)22-9-4-5-10-23(22)27(32(24,29)30)17-19-8-6-7-18(2)15-19/h4-16,26H,3,17H2,1-2H3. The Bertz CT molecular complexity index is 1280. The van der Waals surface area contributed by atoms with Gasteiger partial charge in [-0.15, -0.1) is 0 Å². The summed E-state index contributed by atoms with van der Waals surface area (Å²) in [7, 11) is -4.07. The number of aryl methyl sites for hydroxylation is 1. The van der Waals surface area contributed by atoms with E-state index in [0.717, 1.165) is 11.1 Å². The third-order valence-corrected chi connectivity index (χ3v) is 6.92. The first-order valence-electron chi connectivity index (χ1n) is 10.3. The van der Waals surface area contributed by atoms with Crippen LogP contribution < -0.4 is 14.4 Å². The molecule has 0 fully saturated rings. The lowest BCUT2D eigenvalue weighted by atomic mass is 10.1. The molecule has 7 heteroatoms. The van der Waals surface area contributed by atoms with E-state index < -0.39 is 15.8 Å². The number of benzene rings is 3. The molecule has 3 aromatic rings. The van der Waals surface area contributed by atoms with E-state index in [2.05, 4.69) is 5.32 Å². The first-order chi connectivity index (χ1) is 15.4.